The Hall–Kier alpha value is -0.120. The average molecular weight is 413 g/mol. The highest BCUT2D eigenvalue weighted by Gasteiger charge is 2.32. The topological polar surface area (TPSA) is 27.7 Å². The standard InChI is InChI=1S/C26H52O3/c1-21(2)11-8-12-22(3)13-9-14-23(4)15-10-16-24(5)17-18-27-19-25-20-28-26(6,7)29-25/h21-25H,8-20H2,1-7H3/t22-,23-,24?,25?/m1/s1. The van der Waals surface area contributed by atoms with E-state index in [0.29, 0.717) is 13.2 Å². The van der Waals surface area contributed by atoms with E-state index >= 15 is 0 Å². The van der Waals surface area contributed by atoms with Crippen LogP contribution in [0.2, 0.25) is 0 Å². The van der Waals surface area contributed by atoms with Gasteiger partial charge < -0.3 is 14.2 Å². The summed E-state index contributed by atoms with van der Waals surface area (Å²) in [5, 5.41) is 0. The molecule has 0 aromatic heterocycles. The molecule has 0 aromatic carbocycles. The number of ether oxygens (including phenoxy) is 3. The van der Waals surface area contributed by atoms with Crippen LogP contribution in [-0.2, 0) is 14.2 Å². The molecular formula is C26H52O3. The van der Waals surface area contributed by atoms with Crippen molar-refractivity contribution in [3.63, 3.8) is 0 Å². The van der Waals surface area contributed by atoms with Gasteiger partial charge in [0.1, 0.15) is 6.10 Å². The van der Waals surface area contributed by atoms with E-state index in [-0.39, 0.29) is 6.10 Å². The van der Waals surface area contributed by atoms with Crippen molar-refractivity contribution in [3.8, 4) is 0 Å². The Kier molecular flexibility index (Phi) is 13.7. The van der Waals surface area contributed by atoms with Gasteiger partial charge in [0, 0.05) is 6.61 Å². The molecule has 4 atom stereocenters. The second kappa shape index (κ2) is 14.8. The van der Waals surface area contributed by atoms with Gasteiger partial charge in [0.25, 0.3) is 0 Å². The normalized spacial score (nSPS) is 22.1. The SMILES string of the molecule is CC(C)CCC[C@@H](C)CCC[C@@H](C)CCCC(C)CCOCC1COC(C)(C)O1. The lowest BCUT2D eigenvalue weighted by Gasteiger charge is -2.18. The van der Waals surface area contributed by atoms with Crippen molar-refractivity contribution in [2.45, 2.75) is 125 Å². The molecule has 3 heteroatoms. The Labute approximate surface area is 182 Å². The van der Waals surface area contributed by atoms with Gasteiger partial charge in [0.2, 0.25) is 0 Å². The minimum Gasteiger partial charge on any atom is -0.379 e. The largest absolute Gasteiger partial charge is 0.379 e. The summed E-state index contributed by atoms with van der Waals surface area (Å²) in [6, 6.07) is 0. The molecule has 0 spiro atoms. The summed E-state index contributed by atoms with van der Waals surface area (Å²) >= 11 is 0. The minimum absolute atomic E-state index is 0.0964. The monoisotopic (exact) mass is 412 g/mol. The minimum atomic E-state index is -0.441. The fourth-order valence-corrected chi connectivity index (χ4v) is 4.28. The van der Waals surface area contributed by atoms with Gasteiger partial charge >= 0.3 is 0 Å². The molecule has 1 fully saturated rings. The fraction of sp³-hybridized carbons (Fsp3) is 1.00. The molecule has 1 rings (SSSR count). The molecule has 0 saturated carbocycles. The smallest absolute Gasteiger partial charge is 0.163 e. The lowest BCUT2D eigenvalue weighted by Crippen LogP contribution is -2.24. The van der Waals surface area contributed by atoms with Gasteiger partial charge in [-0.25, -0.2) is 0 Å². The molecule has 0 radical (unpaired) electrons. The zero-order chi connectivity index (χ0) is 21.7. The number of rotatable bonds is 17. The van der Waals surface area contributed by atoms with E-state index in [1.54, 1.807) is 0 Å². The quantitative estimate of drug-likeness (QED) is 0.230. The van der Waals surface area contributed by atoms with Crippen molar-refractivity contribution < 1.29 is 14.2 Å². The fourth-order valence-electron chi connectivity index (χ4n) is 4.28. The van der Waals surface area contributed by atoms with Crippen LogP contribution in [0.25, 0.3) is 0 Å². The van der Waals surface area contributed by atoms with E-state index in [2.05, 4.69) is 34.6 Å². The first-order valence-corrected chi connectivity index (χ1v) is 12.6. The van der Waals surface area contributed by atoms with Crippen LogP contribution in [0.4, 0.5) is 0 Å². The second-order valence-corrected chi connectivity index (χ2v) is 10.8. The third-order valence-corrected chi connectivity index (χ3v) is 6.39. The average Bonchev–Trinajstić information content (AvgIpc) is 2.97. The second-order valence-electron chi connectivity index (χ2n) is 10.8. The maximum absolute atomic E-state index is 5.82. The molecule has 0 aliphatic carbocycles. The van der Waals surface area contributed by atoms with Crippen molar-refractivity contribution in [2.24, 2.45) is 23.7 Å². The Morgan fingerprint density at radius 1 is 0.759 bits per heavy atom. The molecule has 1 heterocycles. The molecule has 0 bridgehead atoms. The van der Waals surface area contributed by atoms with Crippen molar-refractivity contribution >= 4 is 0 Å². The van der Waals surface area contributed by atoms with Crippen molar-refractivity contribution in [1.29, 1.82) is 0 Å². The van der Waals surface area contributed by atoms with Gasteiger partial charge in [-0.3, -0.25) is 0 Å². The van der Waals surface area contributed by atoms with Crippen LogP contribution in [0.5, 0.6) is 0 Å². The summed E-state index contributed by atoms with van der Waals surface area (Å²) in [6.07, 6.45) is 13.8. The summed E-state index contributed by atoms with van der Waals surface area (Å²) in [4.78, 5) is 0. The first-order chi connectivity index (χ1) is 13.7. The lowest BCUT2D eigenvalue weighted by atomic mass is 9.91. The van der Waals surface area contributed by atoms with Crippen molar-refractivity contribution in [1.82, 2.24) is 0 Å². The van der Waals surface area contributed by atoms with Crippen molar-refractivity contribution in [2.75, 3.05) is 19.8 Å². The number of hydrogen-bond donors (Lipinski definition) is 0. The molecule has 1 aliphatic heterocycles. The summed E-state index contributed by atoms with van der Waals surface area (Å²) in [5.74, 6) is 2.96. The highest BCUT2D eigenvalue weighted by atomic mass is 16.7. The van der Waals surface area contributed by atoms with Crippen molar-refractivity contribution in [3.05, 3.63) is 0 Å². The molecule has 174 valence electrons. The third kappa shape index (κ3) is 14.5. The predicted molar refractivity (Wildman–Crippen MR) is 124 cm³/mol. The first kappa shape index (κ1) is 26.9. The van der Waals surface area contributed by atoms with E-state index < -0.39 is 5.79 Å². The van der Waals surface area contributed by atoms with Gasteiger partial charge in [0.05, 0.1) is 13.2 Å². The van der Waals surface area contributed by atoms with Crippen LogP contribution in [0, 0.1) is 23.7 Å². The number of hydrogen-bond acceptors (Lipinski definition) is 3. The summed E-state index contributed by atoms with van der Waals surface area (Å²) in [5.41, 5.74) is 0. The molecule has 0 aromatic rings. The van der Waals surface area contributed by atoms with Gasteiger partial charge in [-0.05, 0) is 43.9 Å². The summed E-state index contributed by atoms with van der Waals surface area (Å²) in [7, 11) is 0. The zero-order valence-corrected chi connectivity index (χ0v) is 20.8. The molecule has 1 aliphatic rings. The predicted octanol–water partition coefficient (Wildman–Crippen LogP) is 7.62. The molecule has 0 N–H and O–H groups in total. The van der Waals surface area contributed by atoms with Crippen LogP contribution < -0.4 is 0 Å². The Morgan fingerprint density at radius 3 is 1.69 bits per heavy atom. The van der Waals surface area contributed by atoms with E-state index in [1.807, 2.05) is 13.8 Å². The third-order valence-electron chi connectivity index (χ3n) is 6.39. The summed E-state index contributed by atoms with van der Waals surface area (Å²) < 4.78 is 17.2. The lowest BCUT2D eigenvalue weighted by molar-refractivity contribution is -0.145. The maximum atomic E-state index is 5.82. The Bertz CT molecular complexity index is 393. The highest BCUT2D eigenvalue weighted by molar-refractivity contribution is 4.70. The van der Waals surface area contributed by atoms with Crippen LogP contribution in [0.1, 0.15) is 113 Å². The first-order valence-electron chi connectivity index (χ1n) is 12.6. The van der Waals surface area contributed by atoms with Crippen LogP contribution >= 0.6 is 0 Å². The highest BCUT2D eigenvalue weighted by Crippen LogP contribution is 2.24. The zero-order valence-electron chi connectivity index (χ0n) is 20.8. The maximum Gasteiger partial charge on any atom is 0.163 e. The van der Waals surface area contributed by atoms with Gasteiger partial charge in [-0.1, -0.05) is 92.4 Å². The van der Waals surface area contributed by atoms with Crippen LogP contribution in [0.3, 0.4) is 0 Å². The van der Waals surface area contributed by atoms with E-state index in [9.17, 15) is 0 Å². The molecular weight excluding hydrogens is 360 g/mol. The molecule has 0 amide bonds. The molecule has 3 nitrogen and oxygen atoms in total. The molecule has 1 saturated heterocycles. The molecule has 2 unspecified atom stereocenters. The Balaban J connectivity index is 1.93. The molecule has 29 heavy (non-hydrogen) atoms. The summed E-state index contributed by atoms with van der Waals surface area (Å²) in [6.45, 7) is 18.0. The van der Waals surface area contributed by atoms with E-state index in [4.69, 9.17) is 14.2 Å². The van der Waals surface area contributed by atoms with E-state index in [0.717, 1.165) is 36.7 Å². The van der Waals surface area contributed by atoms with E-state index in [1.165, 1.54) is 57.8 Å². The van der Waals surface area contributed by atoms with Gasteiger partial charge in [0.15, 0.2) is 5.79 Å². The van der Waals surface area contributed by atoms with Gasteiger partial charge in [-0.2, -0.15) is 0 Å². The van der Waals surface area contributed by atoms with Gasteiger partial charge in [-0.15, -0.1) is 0 Å². The van der Waals surface area contributed by atoms with Crippen LogP contribution in [0.15, 0.2) is 0 Å². The Morgan fingerprint density at radius 2 is 1.24 bits per heavy atom. The van der Waals surface area contributed by atoms with Crippen LogP contribution in [-0.4, -0.2) is 31.7 Å².